The average Bonchev–Trinajstić information content (AvgIpc) is 2.46. The van der Waals surface area contributed by atoms with Crippen molar-refractivity contribution in [3.8, 4) is 5.75 Å². The van der Waals surface area contributed by atoms with E-state index in [2.05, 4.69) is 45.9 Å². The van der Waals surface area contributed by atoms with Gasteiger partial charge in [0.25, 0.3) is 0 Å². The maximum atomic E-state index is 6.09. The molecule has 1 aromatic rings. The van der Waals surface area contributed by atoms with Crippen LogP contribution in [0, 0.1) is 0 Å². The van der Waals surface area contributed by atoms with Gasteiger partial charge in [0.05, 0.1) is 6.61 Å². The summed E-state index contributed by atoms with van der Waals surface area (Å²) in [6.07, 6.45) is 6.79. The highest BCUT2D eigenvalue weighted by molar-refractivity contribution is 5.39. The van der Waals surface area contributed by atoms with E-state index in [0.717, 1.165) is 38.0 Å². The van der Waals surface area contributed by atoms with Gasteiger partial charge in [-0.25, -0.2) is 0 Å². The van der Waals surface area contributed by atoms with Crippen molar-refractivity contribution in [3.63, 3.8) is 0 Å². The molecule has 2 N–H and O–H groups in total. The number of hydrogen-bond donors (Lipinski definition) is 1. The van der Waals surface area contributed by atoms with Crippen molar-refractivity contribution in [1.82, 2.24) is 0 Å². The van der Waals surface area contributed by atoms with Crippen LogP contribution in [0.2, 0.25) is 0 Å². The molecule has 1 atom stereocenters. The van der Waals surface area contributed by atoms with E-state index in [-0.39, 0.29) is 0 Å². The number of aryl methyl sites for hydroxylation is 1. The molecule has 0 saturated heterocycles. The van der Waals surface area contributed by atoms with Crippen LogP contribution in [0.1, 0.15) is 76.8 Å². The summed E-state index contributed by atoms with van der Waals surface area (Å²) in [5.74, 6) is 1.55. The van der Waals surface area contributed by atoms with Gasteiger partial charge in [-0.1, -0.05) is 46.2 Å². The van der Waals surface area contributed by atoms with Gasteiger partial charge in [0.2, 0.25) is 0 Å². The molecule has 0 spiro atoms. The maximum Gasteiger partial charge on any atom is 0.122 e. The number of nitrogens with two attached hydrogens (primary N) is 1. The highest BCUT2D eigenvalue weighted by atomic mass is 16.5. The lowest BCUT2D eigenvalue weighted by Crippen LogP contribution is -2.19. The van der Waals surface area contributed by atoms with E-state index >= 15 is 0 Å². The van der Waals surface area contributed by atoms with Crippen molar-refractivity contribution in [2.24, 2.45) is 5.73 Å². The predicted molar refractivity (Wildman–Crippen MR) is 92.1 cm³/mol. The monoisotopic (exact) mass is 291 g/mol. The minimum absolute atomic E-state index is 0.367. The van der Waals surface area contributed by atoms with Crippen molar-refractivity contribution >= 4 is 0 Å². The largest absolute Gasteiger partial charge is 0.493 e. The first-order valence-corrected chi connectivity index (χ1v) is 8.59. The normalized spacial score (nSPS) is 12.7. The summed E-state index contributed by atoms with van der Waals surface area (Å²) in [6.45, 7) is 9.60. The molecule has 1 rings (SSSR count). The summed E-state index contributed by atoms with van der Waals surface area (Å²) in [5, 5.41) is 0. The molecule has 0 aliphatic heterocycles. The van der Waals surface area contributed by atoms with Crippen molar-refractivity contribution in [2.45, 2.75) is 78.2 Å². The van der Waals surface area contributed by atoms with Crippen LogP contribution < -0.4 is 10.5 Å². The van der Waals surface area contributed by atoms with Crippen molar-refractivity contribution in [1.29, 1.82) is 0 Å². The third-order valence-corrected chi connectivity index (χ3v) is 3.86. The highest BCUT2D eigenvalue weighted by Gasteiger charge is 2.09. The fraction of sp³-hybridized carbons (Fsp3) is 0.684. The topological polar surface area (TPSA) is 35.2 Å². The zero-order chi connectivity index (χ0) is 15.7. The van der Waals surface area contributed by atoms with Crippen LogP contribution in [0.3, 0.4) is 0 Å². The second-order valence-electron chi connectivity index (χ2n) is 6.32. The third-order valence-electron chi connectivity index (χ3n) is 3.86. The Bertz CT molecular complexity index is 401. The van der Waals surface area contributed by atoms with Gasteiger partial charge in [-0.15, -0.1) is 0 Å². The third kappa shape index (κ3) is 6.52. The molecule has 120 valence electrons. The highest BCUT2D eigenvalue weighted by Crippen LogP contribution is 2.28. The predicted octanol–water partition coefficient (Wildman–Crippen LogP) is 5.05. The van der Waals surface area contributed by atoms with Crippen LogP contribution in [0.25, 0.3) is 0 Å². The van der Waals surface area contributed by atoms with Crippen LogP contribution >= 0.6 is 0 Å². The van der Waals surface area contributed by atoms with Gasteiger partial charge in [-0.05, 0) is 55.2 Å². The Labute approximate surface area is 131 Å². The lowest BCUT2D eigenvalue weighted by atomic mass is 9.96. The lowest BCUT2D eigenvalue weighted by molar-refractivity contribution is 0.313. The Morgan fingerprint density at radius 1 is 1.10 bits per heavy atom. The number of ether oxygens (including phenoxy) is 1. The first-order valence-electron chi connectivity index (χ1n) is 8.59. The summed E-state index contributed by atoms with van der Waals surface area (Å²) in [6, 6.07) is 7.04. The van der Waals surface area contributed by atoms with Gasteiger partial charge in [0.1, 0.15) is 5.75 Å². The molecule has 0 amide bonds. The van der Waals surface area contributed by atoms with Crippen molar-refractivity contribution in [2.75, 3.05) is 6.61 Å². The summed E-state index contributed by atoms with van der Waals surface area (Å²) in [4.78, 5) is 0. The minimum atomic E-state index is 0.367. The quantitative estimate of drug-likeness (QED) is 0.654. The first kappa shape index (κ1) is 18.0. The van der Waals surface area contributed by atoms with Crippen LogP contribution in [-0.2, 0) is 6.42 Å². The molecule has 2 nitrogen and oxygen atoms in total. The molecule has 0 fully saturated rings. The Morgan fingerprint density at radius 3 is 2.48 bits per heavy atom. The molecule has 2 heteroatoms. The first-order chi connectivity index (χ1) is 10.1. The van der Waals surface area contributed by atoms with Crippen LogP contribution in [-0.4, -0.2) is 12.6 Å². The van der Waals surface area contributed by atoms with Crippen LogP contribution in [0.4, 0.5) is 0 Å². The fourth-order valence-electron chi connectivity index (χ4n) is 2.63. The molecule has 21 heavy (non-hydrogen) atoms. The molecule has 1 unspecified atom stereocenters. The molecule has 0 radical (unpaired) electrons. The van der Waals surface area contributed by atoms with E-state index < -0.39 is 0 Å². The van der Waals surface area contributed by atoms with E-state index in [1.807, 2.05) is 0 Å². The molecule has 0 saturated carbocycles. The van der Waals surface area contributed by atoms with E-state index in [9.17, 15) is 0 Å². The summed E-state index contributed by atoms with van der Waals surface area (Å²) >= 11 is 0. The Hall–Kier alpha value is -1.02. The van der Waals surface area contributed by atoms with E-state index in [4.69, 9.17) is 10.5 Å². The number of rotatable bonds is 10. The molecular formula is C19H33NO. The average molecular weight is 291 g/mol. The fourth-order valence-corrected chi connectivity index (χ4v) is 2.63. The Morgan fingerprint density at radius 2 is 1.86 bits per heavy atom. The SMILES string of the molecule is CCCOc1ccc(CCCC(N)CCC)cc1C(C)C. The summed E-state index contributed by atoms with van der Waals surface area (Å²) < 4.78 is 5.86. The van der Waals surface area contributed by atoms with Gasteiger partial charge >= 0.3 is 0 Å². The van der Waals surface area contributed by atoms with Gasteiger partial charge in [0, 0.05) is 6.04 Å². The maximum absolute atomic E-state index is 6.09. The molecule has 0 aliphatic carbocycles. The second kappa shape index (κ2) is 9.83. The zero-order valence-electron chi connectivity index (χ0n) is 14.3. The van der Waals surface area contributed by atoms with Crippen LogP contribution in [0.5, 0.6) is 5.75 Å². The smallest absolute Gasteiger partial charge is 0.122 e. The second-order valence-corrected chi connectivity index (χ2v) is 6.32. The lowest BCUT2D eigenvalue weighted by Gasteiger charge is -2.16. The van der Waals surface area contributed by atoms with E-state index in [0.29, 0.717) is 12.0 Å². The molecule has 0 aromatic heterocycles. The summed E-state index contributed by atoms with van der Waals surface area (Å²) in [7, 11) is 0. The van der Waals surface area contributed by atoms with Crippen molar-refractivity contribution < 1.29 is 4.74 Å². The summed E-state index contributed by atoms with van der Waals surface area (Å²) in [5.41, 5.74) is 8.83. The molecular weight excluding hydrogens is 258 g/mol. The molecule has 0 aliphatic rings. The molecule has 0 bridgehead atoms. The zero-order valence-corrected chi connectivity index (χ0v) is 14.3. The van der Waals surface area contributed by atoms with Gasteiger partial charge in [-0.2, -0.15) is 0 Å². The molecule has 1 aromatic carbocycles. The van der Waals surface area contributed by atoms with Gasteiger partial charge < -0.3 is 10.5 Å². The van der Waals surface area contributed by atoms with E-state index in [1.54, 1.807) is 0 Å². The Kier molecular flexibility index (Phi) is 8.44. The van der Waals surface area contributed by atoms with Crippen molar-refractivity contribution in [3.05, 3.63) is 29.3 Å². The standard InChI is InChI=1S/C19H33NO/c1-5-8-17(20)10-7-9-16-11-12-19(21-13-6-2)18(14-16)15(3)4/h11-12,14-15,17H,5-10,13,20H2,1-4H3. The van der Waals surface area contributed by atoms with Gasteiger partial charge in [0.15, 0.2) is 0 Å². The minimum Gasteiger partial charge on any atom is -0.493 e. The van der Waals surface area contributed by atoms with E-state index in [1.165, 1.54) is 24.0 Å². The molecule has 0 heterocycles. The number of benzene rings is 1. The van der Waals surface area contributed by atoms with Crippen LogP contribution in [0.15, 0.2) is 18.2 Å². The van der Waals surface area contributed by atoms with Gasteiger partial charge in [-0.3, -0.25) is 0 Å². The Balaban J connectivity index is 2.61. The number of hydrogen-bond acceptors (Lipinski definition) is 2.